The van der Waals surface area contributed by atoms with Gasteiger partial charge in [0.2, 0.25) is 10.0 Å². The molecule has 11 nitrogen and oxygen atoms in total. The lowest BCUT2D eigenvalue weighted by molar-refractivity contribution is -0.195. The first-order chi connectivity index (χ1) is 12.1. The van der Waals surface area contributed by atoms with Gasteiger partial charge in [0.15, 0.2) is 23.5 Å². The van der Waals surface area contributed by atoms with E-state index >= 15 is 0 Å². The Kier molecular flexibility index (Phi) is 3.93. The summed E-state index contributed by atoms with van der Waals surface area (Å²) in [6.45, 7) is 3.67. The number of rotatable bonds is 4. The Hall–Kier alpha value is -1.86. The standard InChI is InChI=1S/C14H20N6O5S/c1-14(2)24-9-7(4-19-26(3,21)22)23-13(10(9)25-14)20-6-18-8-11(15)16-5-17-12(8)20/h5-7,9-10,13,19H,4H2,1-3H3,(H2,15,16,17)/t7-,9+,10-,13+/m1/s1. The summed E-state index contributed by atoms with van der Waals surface area (Å²) in [7, 11) is -3.36. The van der Waals surface area contributed by atoms with Gasteiger partial charge in [-0.3, -0.25) is 4.57 Å². The number of anilines is 1. The van der Waals surface area contributed by atoms with E-state index in [4.69, 9.17) is 19.9 Å². The lowest BCUT2D eigenvalue weighted by Crippen LogP contribution is -2.39. The van der Waals surface area contributed by atoms with Gasteiger partial charge in [0, 0.05) is 6.54 Å². The first kappa shape index (κ1) is 17.5. The number of nitrogens with zero attached hydrogens (tertiary/aromatic N) is 4. The Bertz CT molecular complexity index is 944. The van der Waals surface area contributed by atoms with Crippen molar-refractivity contribution in [3.8, 4) is 0 Å². The average Bonchev–Trinajstić information content (AvgIpc) is 3.16. The highest BCUT2D eigenvalue weighted by atomic mass is 32.2. The largest absolute Gasteiger partial charge is 0.382 e. The molecule has 0 saturated carbocycles. The molecule has 0 aliphatic carbocycles. The summed E-state index contributed by atoms with van der Waals surface area (Å²) >= 11 is 0. The quantitative estimate of drug-likeness (QED) is 0.704. The van der Waals surface area contributed by atoms with E-state index in [1.54, 1.807) is 24.7 Å². The molecule has 142 valence electrons. The van der Waals surface area contributed by atoms with Crippen molar-refractivity contribution in [2.45, 2.75) is 44.2 Å². The van der Waals surface area contributed by atoms with Crippen molar-refractivity contribution in [1.82, 2.24) is 24.2 Å². The third kappa shape index (κ3) is 3.03. The number of nitrogens with one attached hydrogen (secondary N) is 1. The molecule has 0 bridgehead atoms. The molecule has 0 unspecified atom stereocenters. The van der Waals surface area contributed by atoms with Crippen LogP contribution in [0.1, 0.15) is 20.1 Å². The summed E-state index contributed by atoms with van der Waals surface area (Å²) in [5, 5.41) is 0. The van der Waals surface area contributed by atoms with Crippen molar-refractivity contribution in [3.05, 3.63) is 12.7 Å². The van der Waals surface area contributed by atoms with Crippen LogP contribution in [0, 0.1) is 0 Å². The van der Waals surface area contributed by atoms with Crippen LogP contribution in [0.25, 0.3) is 11.2 Å². The van der Waals surface area contributed by atoms with Crippen molar-refractivity contribution in [2.75, 3.05) is 18.5 Å². The lowest BCUT2D eigenvalue weighted by Gasteiger charge is -2.24. The van der Waals surface area contributed by atoms with Crippen molar-refractivity contribution in [3.63, 3.8) is 0 Å². The number of sulfonamides is 1. The van der Waals surface area contributed by atoms with Gasteiger partial charge >= 0.3 is 0 Å². The Labute approximate surface area is 149 Å². The van der Waals surface area contributed by atoms with Gasteiger partial charge in [-0.15, -0.1) is 0 Å². The zero-order valence-electron chi connectivity index (χ0n) is 14.5. The molecule has 0 radical (unpaired) electrons. The zero-order chi connectivity index (χ0) is 18.7. The number of hydrogen-bond donors (Lipinski definition) is 2. The van der Waals surface area contributed by atoms with E-state index in [0.717, 1.165) is 6.26 Å². The van der Waals surface area contributed by atoms with Crippen molar-refractivity contribution in [2.24, 2.45) is 0 Å². The summed E-state index contributed by atoms with van der Waals surface area (Å²) in [4.78, 5) is 12.4. The van der Waals surface area contributed by atoms with Crippen LogP contribution < -0.4 is 10.5 Å². The highest BCUT2D eigenvalue weighted by molar-refractivity contribution is 7.88. The van der Waals surface area contributed by atoms with E-state index in [1.165, 1.54) is 6.33 Å². The maximum atomic E-state index is 11.4. The fraction of sp³-hybridized carbons (Fsp3) is 0.643. The lowest BCUT2D eigenvalue weighted by atomic mass is 10.1. The number of hydrogen-bond acceptors (Lipinski definition) is 9. The number of fused-ring (bicyclic) bond motifs is 2. The Morgan fingerprint density at radius 2 is 2.00 bits per heavy atom. The van der Waals surface area contributed by atoms with E-state index in [1.807, 2.05) is 0 Å². The van der Waals surface area contributed by atoms with Crippen molar-refractivity contribution in [1.29, 1.82) is 0 Å². The van der Waals surface area contributed by atoms with Crippen molar-refractivity contribution < 1.29 is 22.6 Å². The third-order valence-corrected chi connectivity index (χ3v) is 5.02. The highest BCUT2D eigenvalue weighted by Crippen LogP contribution is 2.43. The second-order valence-electron chi connectivity index (χ2n) is 6.83. The number of ether oxygens (including phenoxy) is 3. The van der Waals surface area contributed by atoms with Gasteiger partial charge in [-0.2, -0.15) is 0 Å². The highest BCUT2D eigenvalue weighted by Gasteiger charge is 2.56. The summed E-state index contributed by atoms with van der Waals surface area (Å²) in [6, 6.07) is 0. The van der Waals surface area contributed by atoms with Gasteiger partial charge in [-0.05, 0) is 13.8 Å². The van der Waals surface area contributed by atoms with E-state index < -0.39 is 40.4 Å². The Morgan fingerprint density at radius 3 is 2.73 bits per heavy atom. The Morgan fingerprint density at radius 1 is 1.27 bits per heavy atom. The first-order valence-electron chi connectivity index (χ1n) is 8.03. The molecule has 0 aromatic carbocycles. The number of imidazole rings is 1. The molecule has 2 saturated heterocycles. The van der Waals surface area contributed by atoms with Gasteiger partial charge in [0.25, 0.3) is 0 Å². The smallest absolute Gasteiger partial charge is 0.208 e. The van der Waals surface area contributed by atoms with Gasteiger partial charge in [-0.25, -0.2) is 28.1 Å². The van der Waals surface area contributed by atoms with Crippen LogP contribution in [0.5, 0.6) is 0 Å². The molecular weight excluding hydrogens is 364 g/mol. The molecule has 26 heavy (non-hydrogen) atoms. The fourth-order valence-corrected chi connectivity index (χ4v) is 3.80. The van der Waals surface area contributed by atoms with Crippen LogP contribution in [0.4, 0.5) is 5.82 Å². The maximum Gasteiger partial charge on any atom is 0.208 e. The molecule has 12 heteroatoms. The minimum absolute atomic E-state index is 0.0691. The van der Waals surface area contributed by atoms with Gasteiger partial charge < -0.3 is 19.9 Å². The second-order valence-corrected chi connectivity index (χ2v) is 8.67. The fourth-order valence-electron chi connectivity index (χ4n) is 3.34. The number of aromatic nitrogens is 4. The predicted molar refractivity (Wildman–Crippen MR) is 90.3 cm³/mol. The molecule has 3 N–H and O–H groups in total. The van der Waals surface area contributed by atoms with Crippen molar-refractivity contribution >= 4 is 27.0 Å². The van der Waals surface area contributed by atoms with E-state index in [2.05, 4.69) is 19.7 Å². The summed E-state index contributed by atoms with van der Waals surface area (Å²) in [5.74, 6) is -0.548. The van der Waals surface area contributed by atoms with Crippen LogP contribution in [0.3, 0.4) is 0 Å². The molecule has 2 fully saturated rings. The maximum absolute atomic E-state index is 11.4. The first-order valence-corrected chi connectivity index (χ1v) is 9.92. The van der Waals surface area contributed by atoms with Crippen LogP contribution in [-0.2, 0) is 24.2 Å². The molecule has 4 heterocycles. The minimum atomic E-state index is -3.36. The summed E-state index contributed by atoms with van der Waals surface area (Å²) < 4.78 is 45.1. The van der Waals surface area contributed by atoms with Gasteiger partial charge in [-0.1, -0.05) is 0 Å². The van der Waals surface area contributed by atoms with Crippen LogP contribution in [0.15, 0.2) is 12.7 Å². The molecule has 4 atom stereocenters. The Balaban J connectivity index is 1.68. The number of nitrogens with two attached hydrogens (primary N) is 1. The zero-order valence-corrected chi connectivity index (χ0v) is 15.3. The monoisotopic (exact) mass is 384 g/mol. The second kappa shape index (κ2) is 5.82. The molecular formula is C14H20N6O5S. The molecule has 2 aliphatic rings. The van der Waals surface area contributed by atoms with E-state index in [0.29, 0.717) is 11.2 Å². The molecule has 2 aromatic rings. The van der Waals surface area contributed by atoms with Crippen LogP contribution >= 0.6 is 0 Å². The molecule has 2 aromatic heterocycles. The third-order valence-electron chi connectivity index (χ3n) is 4.33. The molecule has 0 spiro atoms. The summed E-state index contributed by atoms with van der Waals surface area (Å²) in [6.07, 6.45) is 1.98. The molecule has 2 aliphatic heterocycles. The normalized spacial score (nSPS) is 30.7. The van der Waals surface area contributed by atoms with Gasteiger partial charge in [0.05, 0.1) is 12.6 Å². The minimum Gasteiger partial charge on any atom is -0.382 e. The SMILES string of the molecule is CC1(C)O[C@@H]2[C@@H](O1)[C@@H](n1cnc3c(N)ncnc31)O[C@@H]2CNS(C)(=O)=O. The summed E-state index contributed by atoms with van der Waals surface area (Å²) in [5.41, 5.74) is 6.81. The van der Waals surface area contributed by atoms with E-state index in [-0.39, 0.29) is 12.4 Å². The van der Waals surface area contributed by atoms with Crippen LogP contribution in [-0.4, -0.2) is 64.8 Å². The number of nitrogen functional groups attached to an aromatic ring is 1. The topological polar surface area (TPSA) is 143 Å². The predicted octanol–water partition coefficient (Wildman–Crippen LogP) is -0.625. The average molecular weight is 384 g/mol. The molecule has 4 rings (SSSR count). The van der Waals surface area contributed by atoms with Gasteiger partial charge in [0.1, 0.15) is 30.2 Å². The van der Waals surface area contributed by atoms with E-state index in [9.17, 15) is 8.42 Å². The molecule has 0 amide bonds. The van der Waals surface area contributed by atoms with Crippen LogP contribution in [0.2, 0.25) is 0 Å².